The van der Waals surface area contributed by atoms with Crippen molar-refractivity contribution < 1.29 is 0 Å². The highest BCUT2D eigenvalue weighted by molar-refractivity contribution is 6.39. The molecule has 1 aromatic carbocycles. The molecule has 112 valence electrons. The molecule has 2 N–H and O–H groups in total. The first-order valence-electron chi connectivity index (χ1n) is 7.18. The van der Waals surface area contributed by atoms with Crippen molar-refractivity contribution in [2.24, 2.45) is 5.92 Å². The molecule has 3 nitrogen and oxygen atoms in total. The molecule has 1 heterocycles. The molecule has 1 aromatic heterocycles. The largest absolute Gasteiger partial charge is 0.383 e. The van der Waals surface area contributed by atoms with E-state index in [1.807, 2.05) is 0 Å². The number of nitrogen functional groups attached to an aromatic ring is 1. The molecule has 1 aliphatic carbocycles. The van der Waals surface area contributed by atoms with Gasteiger partial charge in [-0.3, -0.25) is 0 Å². The average molecular weight is 332 g/mol. The Hall–Kier alpha value is -1.76. The van der Waals surface area contributed by atoms with Gasteiger partial charge in [0.1, 0.15) is 17.5 Å². The van der Waals surface area contributed by atoms with Gasteiger partial charge in [-0.15, -0.1) is 0 Å². The maximum atomic E-state index is 9.55. The highest BCUT2D eigenvalue weighted by atomic mass is 35.5. The number of nitrogens with two attached hydrogens (primary N) is 1. The van der Waals surface area contributed by atoms with Gasteiger partial charge in [0.25, 0.3) is 0 Å². The Morgan fingerprint density at radius 1 is 1.27 bits per heavy atom. The van der Waals surface area contributed by atoms with Gasteiger partial charge in [-0.05, 0) is 42.9 Å². The lowest BCUT2D eigenvalue weighted by molar-refractivity contribution is 0.495. The fourth-order valence-electron chi connectivity index (χ4n) is 3.08. The summed E-state index contributed by atoms with van der Waals surface area (Å²) in [5.41, 5.74) is 9.82. The molecular formula is C17H15Cl2N3. The van der Waals surface area contributed by atoms with Crippen LogP contribution in [0.1, 0.15) is 30.2 Å². The number of nitriles is 1. The van der Waals surface area contributed by atoms with Crippen LogP contribution in [0.5, 0.6) is 0 Å². The third kappa shape index (κ3) is 2.43. The first-order valence-corrected chi connectivity index (χ1v) is 7.94. The van der Waals surface area contributed by atoms with Gasteiger partial charge in [0.15, 0.2) is 0 Å². The molecule has 0 bridgehead atoms. The van der Waals surface area contributed by atoms with Crippen molar-refractivity contribution in [3.8, 4) is 17.2 Å². The van der Waals surface area contributed by atoms with E-state index in [-0.39, 0.29) is 5.82 Å². The van der Waals surface area contributed by atoms with Crippen molar-refractivity contribution in [3.05, 3.63) is 45.1 Å². The monoisotopic (exact) mass is 331 g/mol. The lowest BCUT2D eigenvalue weighted by Crippen LogP contribution is -2.17. The van der Waals surface area contributed by atoms with Crippen LogP contribution in [0.25, 0.3) is 11.1 Å². The Morgan fingerprint density at radius 2 is 1.95 bits per heavy atom. The van der Waals surface area contributed by atoms with Crippen LogP contribution in [0.2, 0.25) is 10.0 Å². The lowest BCUT2D eigenvalue weighted by atomic mass is 9.82. The number of hydrogen-bond acceptors (Lipinski definition) is 3. The van der Waals surface area contributed by atoms with Crippen LogP contribution in [0.4, 0.5) is 5.82 Å². The number of hydrogen-bond donors (Lipinski definition) is 1. The molecule has 0 spiro atoms. The Labute approximate surface area is 139 Å². The van der Waals surface area contributed by atoms with E-state index >= 15 is 0 Å². The third-order valence-electron chi connectivity index (χ3n) is 4.16. The van der Waals surface area contributed by atoms with E-state index < -0.39 is 0 Å². The zero-order valence-electron chi connectivity index (χ0n) is 12.2. The Morgan fingerprint density at radius 3 is 2.59 bits per heavy atom. The van der Waals surface area contributed by atoms with E-state index in [0.29, 0.717) is 27.1 Å². The first kappa shape index (κ1) is 15.1. The average Bonchev–Trinajstić information content (AvgIpc) is 2.47. The smallest absolute Gasteiger partial charge is 0.142 e. The van der Waals surface area contributed by atoms with Crippen LogP contribution in [-0.4, -0.2) is 4.98 Å². The molecule has 22 heavy (non-hydrogen) atoms. The summed E-state index contributed by atoms with van der Waals surface area (Å²) in [5, 5.41) is 10.6. The highest BCUT2D eigenvalue weighted by Crippen LogP contribution is 2.43. The minimum atomic E-state index is 0.252. The fraction of sp³-hybridized carbons (Fsp3) is 0.294. The molecule has 0 saturated heterocycles. The molecule has 0 amide bonds. The number of nitrogens with zero attached hydrogens (tertiary/aromatic N) is 2. The summed E-state index contributed by atoms with van der Waals surface area (Å²) < 4.78 is 0. The van der Waals surface area contributed by atoms with E-state index in [9.17, 15) is 5.26 Å². The highest BCUT2D eigenvalue weighted by Gasteiger charge is 2.26. The standard InChI is InChI=1S/C17H15Cl2N3/c1-9-5-6-14-10(7-9)15(11(8-20)17(21)22-14)16-12(18)3-2-4-13(16)19/h2-4,9H,5-7H2,1H3,(H2,21,22). The SMILES string of the molecule is CC1CCc2nc(N)c(C#N)c(-c3c(Cl)cccc3Cl)c2C1. The molecule has 3 rings (SSSR count). The number of anilines is 1. The molecular weight excluding hydrogens is 317 g/mol. The summed E-state index contributed by atoms with van der Waals surface area (Å²) in [6, 6.07) is 7.52. The first-order chi connectivity index (χ1) is 10.5. The zero-order chi connectivity index (χ0) is 15.9. The van der Waals surface area contributed by atoms with Crippen molar-refractivity contribution in [2.75, 3.05) is 5.73 Å². The molecule has 1 atom stereocenters. The maximum absolute atomic E-state index is 9.55. The number of fused-ring (bicyclic) bond motifs is 1. The van der Waals surface area contributed by atoms with Gasteiger partial charge in [-0.2, -0.15) is 5.26 Å². The zero-order valence-corrected chi connectivity index (χ0v) is 13.7. The molecule has 1 aliphatic rings. The normalized spacial score (nSPS) is 16.9. The predicted octanol–water partition coefficient (Wildman–Crippen LogP) is 4.63. The summed E-state index contributed by atoms with van der Waals surface area (Å²) >= 11 is 12.7. The third-order valence-corrected chi connectivity index (χ3v) is 4.79. The van der Waals surface area contributed by atoms with E-state index in [4.69, 9.17) is 28.9 Å². The second-order valence-corrected chi connectivity index (χ2v) is 6.54. The Balaban J connectivity index is 2.39. The number of pyridine rings is 1. The summed E-state index contributed by atoms with van der Waals surface area (Å²) in [6.07, 6.45) is 2.79. The van der Waals surface area contributed by atoms with Gasteiger partial charge in [0.2, 0.25) is 0 Å². The summed E-state index contributed by atoms with van der Waals surface area (Å²) in [4.78, 5) is 4.43. The van der Waals surface area contributed by atoms with Crippen LogP contribution >= 0.6 is 23.2 Å². The van der Waals surface area contributed by atoms with Crippen molar-refractivity contribution in [2.45, 2.75) is 26.2 Å². The number of benzene rings is 1. The molecule has 2 aromatic rings. The van der Waals surface area contributed by atoms with Gasteiger partial charge in [-0.1, -0.05) is 36.2 Å². The quantitative estimate of drug-likeness (QED) is 0.828. The van der Waals surface area contributed by atoms with E-state index in [0.717, 1.165) is 36.1 Å². The molecule has 0 fully saturated rings. The van der Waals surface area contributed by atoms with Crippen LogP contribution in [0.3, 0.4) is 0 Å². The topological polar surface area (TPSA) is 62.7 Å². The molecule has 0 aliphatic heterocycles. The summed E-state index contributed by atoms with van der Waals surface area (Å²) in [6.45, 7) is 2.20. The van der Waals surface area contributed by atoms with Gasteiger partial charge >= 0.3 is 0 Å². The van der Waals surface area contributed by atoms with Gasteiger partial charge < -0.3 is 5.73 Å². The molecule has 0 saturated carbocycles. The van der Waals surface area contributed by atoms with E-state index in [2.05, 4.69) is 18.0 Å². The minimum Gasteiger partial charge on any atom is -0.383 e. The Bertz CT molecular complexity index is 773. The van der Waals surface area contributed by atoms with Crippen LogP contribution in [-0.2, 0) is 12.8 Å². The summed E-state index contributed by atoms with van der Waals surface area (Å²) in [5.74, 6) is 0.784. The van der Waals surface area contributed by atoms with Gasteiger partial charge in [0.05, 0.1) is 0 Å². The maximum Gasteiger partial charge on any atom is 0.142 e. The number of halogens is 2. The van der Waals surface area contributed by atoms with Crippen molar-refractivity contribution in [1.82, 2.24) is 4.98 Å². The van der Waals surface area contributed by atoms with Gasteiger partial charge in [0, 0.05) is 26.9 Å². The molecule has 1 unspecified atom stereocenters. The van der Waals surface area contributed by atoms with Crippen LogP contribution in [0.15, 0.2) is 18.2 Å². The lowest BCUT2D eigenvalue weighted by Gasteiger charge is -2.25. The molecule has 0 radical (unpaired) electrons. The van der Waals surface area contributed by atoms with Crippen molar-refractivity contribution in [1.29, 1.82) is 5.26 Å². The summed E-state index contributed by atoms with van der Waals surface area (Å²) in [7, 11) is 0. The van der Waals surface area contributed by atoms with Crippen LogP contribution in [0, 0.1) is 17.2 Å². The van der Waals surface area contributed by atoms with Crippen molar-refractivity contribution in [3.63, 3.8) is 0 Å². The fourth-order valence-corrected chi connectivity index (χ4v) is 3.66. The molecule has 5 heteroatoms. The predicted molar refractivity (Wildman–Crippen MR) is 90.0 cm³/mol. The van der Waals surface area contributed by atoms with E-state index in [1.54, 1.807) is 18.2 Å². The van der Waals surface area contributed by atoms with Crippen LogP contribution < -0.4 is 5.73 Å². The van der Waals surface area contributed by atoms with E-state index in [1.165, 1.54) is 0 Å². The van der Waals surface area contributed by atoms with Crippen molar-refractivity contribution >= 4 is 29.0 Å². The second-order valence-electron chi connectivity index (χ2n) is 5.73. The number of aryl methyl sites for hydroxylation is 1. The van der Waals surface area contributed by atoms with Gasteiger partial charge in [-0.25, -0.2) is 4.98 Å². The number of aromatic nitrogens is 1. The minimum absolute atomic E-state index is 0.252. The Kier molecular flexibility index (Phi) is 3.99. The number of rotatable bonds is 1. The second kappa shape index (κ2) is 5.79.